The van der Waals surface area contributed by atoms with E-state index in [1.807, 2.05) is 12.1 Å². The molecule has 14 heteroatoms. The van der Waals surface area contributed by atoms with Gasteiger partial charge in [-0.25, -0.2) is 18.8 Å². The first-order valence-electron chi connectivity index (χ1n) is 16.0. The minimum absolute atomic E-state index is 0.0361. The van der Waals surface area contributed by atoms with Gasteiger partial charge in [-0.1, -0.05) is 19.1 Å². The Balaban J connectivity index is 1.51. The van der Waals surface area contributed by atoms with Crippen molar-refractivity contribution in [3.63, 3.8) is 0 Å². The number of hydrazine groups is 1. The molecule has 0 spiro atoms. The van der Waals surface area contributed by atoms with Crippen molar-refractivity contribution in [1.29, 1.82) is 0 Å². The van der Waals surface area contributed by atoms with Gasteiger partial charge in [0.15, 0.2) is 0 Å². The van der Waals surface area contributed by atoms with Gasteiger partial charge in [-0.15, -0.1) is 6.58 Å². The Morgan fingerprint density at radius 1 is 1.17 bits per heavy atom. The molecule has 0 radical (unpaired) electrons. The van der Waals surface area contributed by atoms with Gasteiger partial charge >= 0.3 is 0 Å². The number of carbonyl (C=O) groups is 3. The second-order valence-corrected chi connectivity index (χ2v) is 12.1. The average Bonchev–Trinajstić information content (AvgIpc) is 3.00. The number of pyridine rings is 1. The summed E-state index contributed by atoms with van der Waals surface area (Å²) in [5.74, 6) is 2.20. The van der Waals surface area contributed by atoms with E-state index in [2.05, 4.69) is 35.1 Å². The summed E-state index contributed by atoms with van der Waals surface area (Å²) in [6, 6.07) is 6.33. The number of aromatic nitrogens is 1. The SMILES string of the molecule is C=CCN(N)CC(=O)N(C=O)[C@@H](Cc1c(F)cc(O)cc1F)C(=O)N(CC)Cc1cccc(N2CC(N3CCN(CC)[C@H](C)C3)C2)n1. The number of piperazine rings is 1. The van der Waals surface area contributed by atoms with E-state index in [1.165, 1.54) is 11.0 Å². The molecular formula is C33H46F2N8O4. The summed E-state index contributed by atoms with van der Waals surface area (Å²) in [4.78, 5) is 53.5. The maximum Gasteiger partial charge on any atom is 0.246 e. The molecule has 2 aliphatic rings. The topological polar surface area (TPSA) is 130 Å². The zero-order valence-corrected chi connectivity index (χ0v) is 27.4. The number of benzene rings is 1. The van der Waals surface area contributed by atoms with Crippen molar-refractivity contribution in [3.05, 3.63) is 65.9 Å². The summed E-state index contributed by atoms with van der Waals surface area (Å²) < 4.78 is 29.7. The van der Waals surface area contributed by atoms with Gasteiger partial charge < -0.3 is 14.9 Å². The van der Waals surface area contributed by atoms with Crippen LogP contribution in [0.5, 0.6) is 5.75 Å². The Kier molecular flexibility index (Phi) is 12.4. The van der Waals surface area contributed by atoms with Crippen LogP contribution in [0.4, 0.5) is 14.6 Å². The number of nitrogens with zero attached hydrogens (tertiary/aromatic N) is 7. The number of phenolic OH excluding ortho intramolecular Hbond substituents is 1. The van der Waals surface area contributed by atoms with Crippen LogP contribution in [0.2, 0.25) is 0 Å². The molecule has 3 N–H and O–H groups in total. The van der Waals surface area contributed by atoms with Gasteiger partial charge in [0, 0.05) is 82.0 Å². The van der Waals surface area contributed by atoms with Crippen LogP contribution in [0.1, 0.15) is 32.0 Å². The van der Waals surface area contributed by atoms with Crippen molar-refractivity contribution < 1.29 is 28.3 Å². The third kappa shape index (κ3) is 8.69. The molecule has 1 aromatic heterocycles. The fourth-order valence-corrected chi connectivity index (χ4v) is 6.26. The van der Waals surface area contributed by atoms with Gasteiger partial charge in [-0.2, -0.15) is 0 Å². The van der Waals surface area contributed by atoms with Crippen LogP contribution in [0, 0.1) is 11.6 Å². The number of carbonyl (C=O) groups excluding carboxylic acids is 3. The lowest BCUT2D eigenvalue weighted by Crippen LogP contribution is -2.64. The Labute approximate surface area is 275 Å². The molecule has 2 fully saturated rings. The fourth-order valence-electron chi connectivity index (χ4n) is 6.26. The van der Waals surface area contributed by atoms with Crippen molar-refractivity contribution in [2.24, 2.45) is 5.84 Å². The smallest absolute Gasteiger partial charge is 0.246 e. The fraction of sp³-hybridized carbons (Fsp3) is 0.515. The van der Waals surface area contributed by atoms with E-state index in [9.17, 15) is 28.3 Å². The molecule has 47 heavy (non-hydrogen) atoms. The molecule has 256 valence electrons. The highest BCUT2D eigenvalue weighted by Crippen LogP contribution is 2.26. The number of anilines is 1. The van der Waals surface area contributed by atoms with E-state index >= 15 is 0 Å². The molecule has 0 unspecified atom stereocenters. The number of aromatic hydroxyl groups is 1. The molecule has 0 aliphatic carbocycles. The quantitative estimate of drug-likeness (QED) is 0.126. The number of rotatable bonds is 15. The van der Waals surface area contributed by atoms with Gasteiger partial charge in [-0.3, -0.25) is 34.9 Å². The number of hydrogen-bond acceptors (Lipinski definition) is 10. The number of amides is 3. The summed E-state index contributed by atoms with van der Waals surface area (Å²) in [7, 11) is 0. The Morgan fingerprint density at radius 3 is 2.47 bits per heavy atom. The lowest BCUT2D eigenvalue weighted by atomic mass is 10.0. The standard InChI is InChI=1S/C33H46F2N8O4/c1-5-11-42(36)21-32(46)43(22-44)30(16-27-28(34)14-26(45)15-29(27)35)33(47)39(7-3)18-24-9-8-10-31(37-24)41-19-25(20-41)40-13-12-38(6-2)23(4)17-40/h5,8-10,14-15,22-23,25,30,45H,1,6-7,11-13,16-21,36H2,2-4H3/t23-,30+/m1/s1. The van der Waals surface area contributed by atoms with Crippen LogP contribution in [-0.2, 0) is 27.3 Å². The van der Waals surface area contributed by atoms with E-state index in [0.717, 1.165) is 50.1 Å². The minimum atomic E-state index is -1.60. The first-order valence-corrected chi connectivity index (χ1v) is 16.0. The van der Waals surface area contributed by atoms with Crippen molar-refractivity contribution in [2.45, 2.75) is 51.9 Å². The molecule has 2 aromatic rings. The normalized spacial score (nSPS) is 18.1. The number of likely N-dealkylation sites (N-methyl/N-ethyl adjacent to an activating group) is 2. The first kappa shape index (κ1) is 35.9. The molecule has 12 nitrogen and oxygen atoms in total. The number of halogens is 2. The zero-order valence-electron chi connectivity index (χ0n) is 27.4. The Bertz CT molecular complexity index is 1400. The van der Waals surface area contributed by atoms with E-state index in [-0.39, 0.29) is 26.0 Å². The molecule has 2 saturated heterocycles. The second-order valence-electron chi connectivity index (χ2n) is 12.1. The lowest BCUT2D eigenvalue weighted by molar-refractivity contribution is -0.151. The molecule has 3 heterocycles. The van der Waals surface area contributed by atoms with Crippen LogP contribution in [0.3, 0.4) is 0 Å². The predicted molar refractivity (Wildman–Crippen MR) is 174 cm³/mol. The van der Waals surface area contributed by atoms with Gasteiger partial charge in [0.25, 0.3) is 0 Å². The third-order valence-electron chi connectivity index (χ3n) is 8.99. The van der Waals surface area contributed by atoms with Crippen molar-refractivity contribution in [2.75, 3.05) is 63.8 Å². The summed E-state index contributed by atoms with van der Waals surface area (Å²) in [6.07, 6.45) is 0.965. The van der Waals surface area contributed by atoms with Gasteiger partial charge in [0.2, 0.25) is 18.2 Å². The van der Waals surface area contributed by atoms with Crippen LogP contribution >= 0.6 is 0 Å². The van der Waals surface area contributed by atoms with E-state index < -0.39 is 53.8 Å². The van der Waals surface area contributed by atoms with E-state index in [1.54, 1.807) is 13.0 Å². The third-order valence-corrected chi connectivity index (χ3v) is 8.99. The number of hydrogen-bond donors (Lipinski definition) is 2. The largest absolute Gasteiger partial charge is 0.508 e. The molecule has 1 aromatic carbocycles. The van der Waals surface area contributed by atoms with Crippen LogP contribution in [-0.4, -0.2) is 130 Å². The van der Waals surface area contributed by atoms with Crippen LogP contribution in [0.25, 0.3) is 0 Å². The van der Waals surface area contributed by atoms with Crippen molar-refractivity contribution in [3.8, 4) is 5.75 Å². The number of nitrogens with two attached hydrogens (primary N) is 1. The maximum atomic E-state index is 14.8. The summed E-state index contributed by atoms with van der Waals surface area (Å²) >= 11 is 0. The Morgan fingerprint density at radius 2 is 1.87 bits per heavy atom. The average molecular weight is 657 g/mol. The van der Waals surface area contributed by atoms with Gasteiger partial charge in [-0.05, 0) is 32.5 Å². The Hall–Kier alpha value is -3.98. The summed E-state index contributed by atoms with van der Waals surface area (Å²) in [6.45, 7) is 15.5. The van der Waals surface area contributed by atoms with Crippen LogP contribution < -0.4 is 10.7 Å². The monoisotopic (exact) mass is 656 g/mol. The zero-order chi connectivity index (χ0) is 34.2. The molecule has 0 saturated carbocycles. The summed E-state index contributed by atoms with van der Waals surface area (Å²) in [5.41, 5.74) is 0.0284. The van der Waals surface area contributed by atoms with Crippen molar-refractivity contribution in [1.82, 2.24) is 29.6 Å². The predicted octanol–water partition coefficient (Wildman–Crippen LogP) is 1.59. The lowest BCUT2D eigenvalue weighted by Gasteiger charge is -2.50. The molecule has 4 rings (SSSR count). The van der Waals surface area contributed by atoms with Crippen LogP contribution in [0.15, 0.2) is 43.0 Å². The van der Waals surface area contributed by atoms with Gasteiger partial charge in [0.1, 0.15) is 29.2 Å². The molecule has 3 amide bonds. The molecular weight excluding hydrogens is 610 g/mol. The molecule has 2 atom stereocenters. The maximum absolute atomic E-state index is 14.8. The summed E-state index contributed by atoms with van der Waals surface area (Å²) in [5, 5.41) is 10.7. The highest BCUT2D eigenvalue weighted by molar-refractivity contribution is 5.95. The minimum Gasteiger partial charge on any atom is -0.508 e. The first-order chi connectivity index (χ1) is 22.5. The number of imide groups is 1. The second kappa shape index (κ2) is 16.2. The van der Waals surface area contributed by atoms with Crippen molar-refractivity contribution >= 4 is 24.0 Å². The highest BCUT2D eigenvalue weighted by atomic mass is 19.1. The molecule has 2 aliphatic heterocycles. The van der Waals surface area contributed by atoms with E-state index in [0.29, 0.717) is 34.8 Å². The molecule has 0 bridgehead atoms. The van der Waals surface area contributed by atoms with Gasteiger partial charge in [0.05, 0.1) is 18.8 Å². The van der Waals surface area contributed by atoms with E-state index in [4.69, 9.17) is 10.8 Å². The number of phenols is 1. The highest BCUT2D eigenvalue weighted by Gasteiger charge is 2.37.